The van der Waals surface area contributed by atoms with E-state index in [1.165, 1.54) is 0 Å². The predicted octanol–water partition coefficient (Wildman–Crippen LogP) is 4.25. The first-order valence-electron chi connectivity index (χ1n) is 8.91. The molecule has 2 heterocycles. The lowest BCUT2D eigenvalue weighted by Gasteiger charge is -2.16. The van der Waals surface area contributed by atoms with Crippen LogP contribution < -0.4 is 5.32 Å². The number of carbonyl (C=O) groups excluding carboxylic acids is 2. The van der Waals surface area contributed by atoms with Gasteiger partial charge in [-0.1, -0.05) is 40.2 Å². The SMILES string of the molecule is O=C(NCc1cccc(CN2CCCC2=O)c1)c1cc2cc(Br)ccc2o1. The second-order valence-electron chi connectivity index (χ2n) is 6.71. The number of nitrogens with zero attached hydrogens (tertiary/aromatic N) is 1. The number of furan rings is 1. The largest absolute Gasteiger partial charge is 0.451 e. The molecule has 2 amide bonds. The van der Waals surface area contributed by atoms with Crippen LogP contribution in [0.4, 0.5) is 0 Å². The number of rotatable bonds is 5. The predicted molar refractivity (Wildman–Crippen MR) is 106 cm³/mol. The van der Waals surface area contributed by atoms with E-state index in [0.29, 0.717) is 30.9 Å². The number of amides is 2. The number of likely N-dealkylation sites (tertiary alicyclic amines) is 1. The average Bonchev–Trinajstić information content (AvgIpc) is 3.26. The quantitative estimate of drug-likeness (QED) is 0.663. The van der Waals surface area contributed by atoms with Crippen molar-refractivity contribution in [1.82, 2.24) is 10.2 Å². The molecule has 6 heteroatoms. The van der Waals surface area contributed by atoms with Crippen molar-refractivity contribution >= 4 is 38.7 Å². The van der Waals surface area contributed by atoms with Gasteiger partial charge >= 0.3 is 0 Å². The second-order valence-corrected chi connectivity index (χ2v) is 7.63. The van der Waals surface area contributed by atoms with Crippen molar-refractivity contribution in [2.45, 2.75) is 25.9 Å². The van der Waals surface area contributed by atoms with E-state index in [9.17, 15) is 9.59 Å². The van der Waals surface area contributed by atoms with E-state index in [4.69, 9.17) is 4.42 Å². The van der Waals surface area contributed by atoms with Gasteiger partial charge in [-0.15, -0.1) is 0 Å². The van der Waals surface area contributed by atoms with Crippen molar-refractivity contribution in [3.05, 3.63) is 69.9 Å². The molecular weight excluding hydrogens is 408 g/mol. The molecule has 27 heavy (non-hydrogen) atoms. The van der Waals surface area contributed by atoms with Crippen LogP contribution in [-0.2, 0) is 17.9 Å². The van der Waals surface area contributed by atoms with Crippen LogP contribution in [0.3, 0.4) is 0 Å². The highest BCUT2D eigenvalue weighted by molar-refractivity contribution is 9.10. The first-order chi connectivity index (χ1) is 13.1. The normalized spacial score (nSPS) is 14.1. The molecule has 2 aromatic carbocycles. The van der Waals surface area contributed by atoms with Crippen molar-refractivity contribution in [2.24, 2.45) is 0 Å². The molecule has 1 fully saturated rings. The molecule has 1 aliphatic heterocycles. The Morgan fingerprint density at radius 3 is 2.81 bits per heavy atom. The number of hydrogen-bond acceptors (Lipinski definition) is 3. The van der Waals surface area contributed by atoms with E-state index in [1.807, 2.05) is 47.4 Å². The Morgan fingerprint density at radius 2 is 2.00 bits per heavy atom. The number of carbonyl (C=O) groups is 2. The number of benzene rings is 2. The number of fused-ring (bicyclic) bond motifs is 1. The zero-order chi connectivity index (χ0) is 18.8. The van der Waals surface area contributed by atoms with Crippen LogP contribution in [0.1, 0.15) is 34.5 Å². The van der Waals surface area contributed by atoms with Crippen LogP contribution >= 0.6 is 15.9 Å². The molecule has 4 rings (SSSR count). The van der Waals surface area contributed by atoms with Gasteiger partial charge in [0.15, 0.2) is 5.76 Å². The van der Waals surface area contributed by atoms with Crippen LogP contribution in [0.5, 0.6) is 0 Å². The molecule has 3 aromatic rings. The van der Waals surface area contributed by atoms with Gasteiger partial charge < -0.3 is 14.6 Å². The first-order valence-corrected chi connectivity index (χ1v) is 9.71. The fraction of sp³-hybridized carbons (Fsp3) is 0.238. The third kappa shape index (κ3) is 4.06. The zero-order valence-corrected chi connectivity index (χ0v) is 16.3. The van der Waals surface area contributed by atoms with E-state index in [1.54, 1.807) is 6.07 Å². The topological polar surface area (TPSA) is 62.6 Å². The molecule has 0 atom stereocenters. The molecule has 1 N–H and O–H groups in total. The molecule has 1 aliphatic rings. The lowest BCUT2D eigenvalue weighted by atomic mass is 10.1. The fourth-order valence-corrected chi connectivity index (χ4v) is 3.70. The Morgan fingerprint density at radius 1 is 1.15 bits per heavy atom. The highest BCUT2D eigenvalue weighted by Gasteiger charge is 2.20. The van der Waals surface area contributed by atoms with E-state index >= 15 is 0 Å². The molecule has 1 aromatic heterocycles. The molecule has 0 bridgehead atoms. The number of halogens is 1. The first kappa shape index (κ1) is 17.8. The van der Waals surface area contributed by atoms with Crippen molar-refractivity contribution in [2.75, 3.05) is 6.54 Å². The highest BCUT2D eigenvalue weighted by atomic mass is 79.9. The van der Waals surface area contributed by atoms with Crippen molar-refractivity contribution in [3.63, 3.8) is 0 Å². The maximum absolute atomic E-state index is 12.4. The number of hydrogen-bond donors (Lipinski definition) is 1. The van der Waals surface area contributed by atoms with Gasteiger partial charge in [-0.3, -0.25) is 9.59 Å². The van der Waals surface area contributed by atoms with Gasteiger partial charge in [0.2, 0.25) is 5.91 Å². The van der Waals surface area contributed by atoms with E-state index in [2.05, 4.69) is 21.2 Å². The molecule has 0 radical (unpaired) electrons. The van der Waals surface area contributed by atoms with Crippen LogP contribution in [0.2, 0.25) is 0 Å². The molecular formula is C21H19BrN2O3. The van der Waals surface area contributed by atoms with Crippen molar-refractivity contribution in [3.8, 4) is 0 Å². The minimum absolute atomic E-state index is 0.213. The monoisotopic (exact) mass is 426 g/mol. The summed E-state index contributed by atoms with van der Waals surface area (Å²) in [5.74, 6) is 0.259. The lowest BCUT2D eigenvalue weighted by Crippen LogP contribution is -2.24. The minimum Gasteiger partial charge on any atom is -0.451 e. The molecule has 1 saturated heterocycles. The Hall–Kier alpha value is -2.60. The summed E-state index contributed by atoms with van der Waals surface area (Å²) in [6.07, 6.45) is 1.58. The van der Waals surface area contributed by atoms with Gasteiger partial charge in [-0.2, -0.15) is 0 Å². The molecule has 0 unspecified atom stereocenters. The third-order valence-electron chi connectivity index (χ3n) is 4.69. The second kappa shape index (κ2) is 7.56. The van der Waals surface area contributed by atoms with E-state index < -0.39 is 0 Å². The Bertz CT molecular complexity index is 1010. The summed E-state index contributed by atoms with van der Waals surface area (Å²) in [5.41, 5.74) is 2.75. The maximum Gasteiger partial charge on any atom is 0.287 e. The maximum atomic E-state index is 12.4. The summed E-state index contributed by atoms with van der Waals surface area (Å²) >= 11 is 3.41. The zero-order valence-electron chi connectivity index (χ0n) is 14.7. The molecule has 0 saturated carbocycles. The van der Waals surface area contributed by atoms with Gasteiger partial charge in [0.25, 0.3) is 5.91 Å². The third-order valence-corrected chi connectivity index (χ3v) is 5.18. The van der Waals surface area contributed by atoms with Crippen molar-refractivity contribution in [1.29, 1.82) is 0 Å². The lowest BCUT2D eigenvalue weighted by molar-refractivity contribution is -0.128. The summed E-state index contributed by atoms with van der Waals surface area (Å²) < 4.78 is 6.56. The van der Waals surface area contributed by atoms with Gasteiger partial charge in [-0.05, 0) is 41.8 Å². The van der Waals surface area contributed by atoms with Crippen LogP contribution in [-0.4, -0.2) is 23.3 Å². The minimum atomic E-state index is -0.248. The summed E-state index contributed by atoms with van der Waals surface area (Å²) in [6.45, 7) is 1.85. The summed E-state index contributed by atoms with van der Waals surface area (Å²) in [6, 6.07) is 15.3. The molecule has 5 nitrogen and oxygen atoms in total. The summed E-state index contributed by atoms with van der Waals surface area (Å²) in [5, 5.41) is 3.78. The van der Waals surface area contributed by atoms with Gasteiger partial charge in [0.05, 0.1) is 0 Å². The molecule has 138 valence electrons. The summed E-state index contributed by atoms with van der Waals surface area (Å²) in [7, 11) is 0. The van der Waals surface area contributed by atoms with Crippen LogP contribution in [0.15, 0.2) is 57.4 Å². The van der Waals surface area contributed by atoms with Crippen molar-refractivity contribution < 1.29 is 14.0 Å². The molecule has 0 aliphatic carbocycles. The molecule has 0 spiro atoms. The Labute approximate surface area is 165 Å². The average molecular weight is 427 g/mol. The van der Waals surface area contributed by atoms with Crippen LogP contribution in [0.25, 0.3) is 11.0 Å². The Balaban J connectivity index is 1.40. The van der Waals surface area contributed by atoms with Gasteiger partial charge in [-0.25, -0.2) is 0 Å². The van der Waals surface area contributed by atoms with Crippen LogP contribution in [0, 0.1) is 0 Å². The number of nitrogens with one attached hydrogen (secondary N) is 1. The fourth-order valence-electron chi connectivity index (χ4n) is 3.33. The summed E-state index contributed by atoms with van der Waals surface area (Å²) in [4.78, 5) is 26.1. The van der Waals surface area contributed by atoms with E-state index in [-0.39, 0.29) is 11.8 Å². The van der Waals surface area contributed by atoms with Gasteiger partial charge in [0, 0.05) is 35.9 Å². The van der Waals surface area contributed by atoms with Gasteiger partial charge in [0.1, 0.15) is 5.58 Å². The Kier molecular flexibility index (Phi) is 4.99. The smallest absolute Gasteiger partial charge is 0.287 e. The highest BCUT2D eigenvalue weighted by Crippen LogP contribution is 2.23. The standard InChI is InChI=1S/C21H19BrN2O3/c22-17-6-7-18-16(10-17)11-19(27-18)21(26)23-12-14-3-1-4-15(9-14)13-24-8-2-5-20(24)25/h1,3-4,6-7,9-11H,2,5,8,12-13H2,(H,23,26). The van der Waals surface area contributed by atoms with E-state index in [0.717, 1.165) is 34.0 Å².